The molecule has 0 saturated heterocycles. The van der Waals surface area contributed by atoms with Crippen molar-refractivity contribution in [3.05, 3.63) is 46.7 Å². The average molecular weight is 324 g/mol. The predicted octanol–water partition coefficient (Wildman–Crippen LogP) is 1.57. The molecule has 2 aromatic rings. The molecule has 0 aliphatic rings. The van der Waals surface area contributed by atoms with Crippen molar-refractivity contribution in [1.82, 2.24) is 15.1 Å². The molecule has 1 amide bonds. The summed E-state index contributed by atoms with van der Waals surface area (Å²) < 4.78 is 6.37. The minimum Gasteiger partial charge on any atom is -0.389 e. The zero-order valence-corrected chi connectivity index (χ0v) is 13.2. The first-order chi connectivity index (χ1) is 10.5. The number of hydrogen-bond donors (Lipinski definition) is 2. The van der Waals surface area contributed by atoms with Crippen LogP contribution in [0.1, 0.15) is 16.1 Å². The highest BCUT2D eigenvalue weighted by Gasteiger charge is 2.16. The maximum absolute atomic E-state index is 12.1. The maximum Gasteiger partial charge on any atom is 0.272 e. The lowest BCUT2D eigenvalue weighted by atomic mass is 10.2. The van der Waals surface area contributed by atoms with Crippen LogP contribution in [-0.4, -0.2) is 47.2 Å². The number of rotatable bonds is 6. The highest BCUT2D eigenvalue weighted by molar-refractivity contribution is 6.32. The van der Waals surface area contributed by atoms with Crippen LogP contribution in [0.15, 0.2) is 30.5 Å². The number of carbonyl (C=O) groups excluding carboxylic acids is 1. The number of carbonyl (C=O) groups is 1. The molecule has 1 aromatic carbocycles. The number of amides is 1. The Morgan fingerprint density at radius 3 is 2.91 bits per heavy atom. The molecular weight excluding hydrogens is 306 g/mol. The molecule has 2 N–H and O–H groups in total. The number of hydrogen-bond acceptors (Lipinski definition) is 4. The van der Waals surface area contributed by atoms with Gasteiger partial charge in [-0.25, -0.2) is 4.68 Å². The van der Waals surface area contributed by atoms with Gasteiger partial charge in [-0.2, -0.15) is 5.10 Å². The van der Waals surface area contributed by atoms with Crippen molar-refractivity contribution in [3.63, 3.8) is 0 Å². The van der Waals surface area contributed by atoms with Gasteiger partial charge in [-0.3, -0.25) is 4.79 Å². The Bertz CT molecular complexity index is 657. The molecule has 0 aliphatic carbocycles. The number of nitrogens with zero attached hydrogens (tertiary/aromatic N) is 2. The molecule has 7 heteroatoms. The highest BCUT2D eigenvalue weighted by atomic mass is 35.5. The van der Waals surface area contributed by atoms with Crippen LogP contribution >= 0.6 is 11.6 Å². The summed E-state index contributed by atoms with van der Waals surface area (Å²) in [5.41, 5.74) is 1.72. The molecule has 22 heavy (non-hydrogen) atoms. The highest BCUT2D eigenvalue weighted by Crippen LogP contribution is 2.20. The van der Waals surface area contributed by atoms with Crippen LogP contribution in [0.3, 0.4) is 0 Å². The van der Waals surface area contributed by atoms with Gasteiger partial charge in [0.05, 0.1) is 23.4 Å². The van der Waals surface area contributed by atoms with Gasteiger partial charge >= 0.3 is 0 Å². The smallest absolute Gasteiger partial charge is 0.272 e. The Morgan fingerprint density at radius 1 is 1.50 bits per heavy atom. The number of halogens is 1. The van der Waals surface area contributed by atoms with Gasteiger partial charge in [-0.15, -0.1) is 0 Å². The largest absolute Gasteiger partial charge is 0.389 e. The number of aliphatic hydroxyl groups is 1. The lowest BCUT2D eigenvalue weighted by molar-refractivity contribution is 0.0608. The van der Waals surface area contributed by atoms with Crippen LogP contribution in [0.5, 0.6) is 0 Å². The number of aliphatic hydroxyl groups excluding tert-OH is 1. The van der Waals surface area contributed by atoms with E-state index < -0.39 is 6.10 Å². The second kappa shape index (κ2) is 7.40. The summed E-state index contributed by atoms with van der Waals surface area (Å²) in [4.78, 5) is 12.1. The molecule has 0 unspecified atom stereocenters. The topological polar surface area (TPSA) is 76.4 Å². The van der Waals surface area contributed by atoms with Gasteiger partial charge in [-0.1, -0.05) is 23.7 Å². The number of aryl methyl sites for hydroxylation is 1. The third-order valence-corrected chi connectivity index (χ3v) is 3.39. The second-order valence-electron chi connectivity index (χ2n) is 4.88. The number of nitrogens with one attached hydrogen (secondary N) is 1. The first-order valence-corrected chi connectivity index (χ1v) is 7.17. The van der Waals surface area contributed by atoms with E-state index in [1.54, 1.807) is 23.9 Å². The van der Waals surface area contributed by atoms with Gasteiger partial charge in [0, 0.05) is 25.4 Å². The minimum absolute atomic E-state index is 0.102. The summed E-state index contributed by atoms with van der Waals surface area (Å²) in [5, 5.41) is 17.0. The molecule has 0 saturated carbocycles. The standard InChI is InChI=1S/C15H18ClN3O3/c1-10-8-19(13-6-4-3-5-12(13)16)18-14(10)15(21)17-7-11(20)9-22-2/h3-6,8,11,20H,7,9H2,1-2H3,(H,17,21)/t11-/m1/s1. The Morgan fingerprint density at radius 2 is 2.23 bits per heavy atom. The average Bonchev–Trinajstić information content (AvgIpc) is 2.87. The van der Waals surface area contributed by atoms with Crippen LogP contribution in [0.25, 0.3) is 5.69 Å². The van der Waals surface area contributed by atoms with Gasteiger partial charge in [0.1, 0.15) is 0 Å². The van der Waals surface area contributed by atoms with Crippen LogP contribution < -0.4 is 5.32 Å². The van der Waals surface area contributed by atoms with E-state index in [4.69, 9.17) is 16.3 Å². The Kier molecular flexibility index (Phi) is 5.54. The summed E-state index contributed by atoms with van der Waals surface area (Å²) in [6.45, 7) is 2.05. The molecule has 118 valence electrons. The summed E-state index contributed by atoms with van der Waals surface area (Å²) in [6.07, 6.45) is 0.988. The quantitative estimate of drug-likeness (QED) is 0.846. The number of benzene rings is 1. The zero-order valence-electron chi connectivity index (χ0n) is 12.4. The Balaban J connectivity index is 2.13. The first-order valence-electron chi connectivity index (χ1n) is 6.79. The SMILES string of the molecule is COC[C@H](O)CNC(=O)c1nn(-c2ccccc2Cl)cc1C. The lowest BCUT2D eigenvalue weighted by Gasteiger charge is -2.10. The van der Waals surface area contributed by atoms with E-state index in [0.717, 1.165) is 5.56 Å². The number of para-hydroxylation sites is 1. The fraction of sp³-hybridized carbons (Fsp3) is 0.333. The van der Waals surface area contributed by atoms with Crippen molar-refractivity contribution in [3.8, 4) is 5.69 Å². The molecular formula is C15H18ClN3O3. The van der Waals surface area contributed by atoms with E-state index in [0.29, 0.717) is 16.4 Å². The molecule has 0 aliphatic heterocycles. The van der Waals surface area contributed by atoms with Crippen LogP contribution in [0.2, 0.25) is 5.02 Å². The van der Waals surface area contributed by atoms with Gasteiger partial charge in [-0.05, 0) is 19.1 Å². The molecule has 1 atom stereocenters. The van der Waals surface area contributed by atoms with E-state index in [-0.39, 0.29) is 19.1 Å². The summed E-state index contributed by atoms with van der Waals surface area (Å²) in [7, 11) is 1.49. The fourth-order valence-corrected chi connectivity index (χ4v) is 2.21. The van der Waals surface area contributed by atoms with Gasteiger partial charge in [0.25, 0.3) is 5.91 Å². The molecule has 0 radical (unpaired) electrons. The fourth-order valence-electron chi connectivity index (χ4n) is 1.99. The van der Waals surface area contributed by atoms with Crippen molar-refractivity contribution in [2.75, 3.05) is 20.3 Å². The lowest BCUT2D eigenvalue weighted by Crippen LogP contribution is -2.34. The first kappa shape index (κ1) is 16.5. The molecule has 0 spiro atoms. The molecule has 1 heterocycles. The predicted molar refractivity (Wildman–Crippen MR) is 83.5 cm³/mol. The number of aromatic nitrogens is 2. The Labute approximate surface area is 133 Å². The molecule has 0 bridgehead atoms. The molecule has 0 fully saturated rings. The molecule has 1 aromatic heterocycles. The van der Waals surface area contributed by atoms with Crippen molar-refractivity contribution in [2.45, 2.75) is 13.0 Å². The number of methoxy groups -OCH3 is 1. The van der Waals surface area contributed by atoms with Crippen LogP contribution in [0.4, 0.5) is 0 Å². The van der Waals surface area contributed by atoms with Crippen LogP contribution in [0, 0.1) is 6.92 Å². The van der Waals surface area contributed by atoms with Crippen molar-refractivity contribution >= 4 is 17.5 Å². The maximum atomic E-state index is 12.1. The minimum atomic E-state index is -0.750. The van der Waals surface area contributed by atoms with Crippen LogP contribution in [-0.2, 0) is 4.74 Å². The van der Waals surface area contributed by atoms with Crippen molar-refractivity contribution < 1.29 is 14.6 Å². The summed E-state index contributed by atoms with van der Waals surface area (Å²) in [6, 6.07) is 7.25. The third kappa shape index (κ3) is 3.85. The summed E-state index contributed by atoms with van der Waals surface area (Å²) in [5.74, 6) is -0.349. The van der Waals surface area contributed by atoms with Gasteiger partial charge in [0.15, 0.2) is 5.69 Å². The molecule has 6 nitrogen and oxygen atoms in total. The van der Waals surface area contributed by atoms with Gasteiger partial charge < -0.3 is 15.2 Å². The van der Waals surface area contributed by atoms with E-state index in [1.165, 1.54) is 7.11 Å². The monoisotopic (exact) mass is 323 g/mol. The number of ether oxygens (including phenoxy) is 1. The normalized spacial score (nSPS) is 12.2. The van der Waals surface area contributed by atoms with E-state index in [9.17, 15) is 9.90 Å². The summed E-state index contributed by atoms with van der Waals surface area (Å²) >= 11 is 6.13. The zero-order chi connectivity index (χ0) is 16.1. The third-order valence-electron chi connectivity index (χ3n) is 3.07. The van der Waals surface area contributed by atoms with E-state index in [1.807, 2.05) is 18.2 Å². The molecule has 2 rings (SSSR count). The van der Waals surface area contributed by atoms with E-state index in [2.05, 4.69) is 10.4 Å². The van der Waals surface area contributed by atoms with Gasteiger partial charge in [0.2, 0.25) is 0 Å². The second-order valence-corrected chi connectivity index (χ2v) is 5.28. The Hall–Kier alpha value is -1.89. The van der Waals surface area contributed by atoms with E-state index >= 15 is 0 Å². The van der Waals surface area contributed by atoms with Crippen molar-refractivity contribution in [1.29, 1.82) is 0 Å². The van der Waals surface area contributed by atoms with Crippen molar-refractivity contribution in [2.24, 2.45) is 0 Å².